The molecule has 0 amide bonds. The van der Waals surface area contributed by atoms with Gasteiger partial charge in [-0.3, -0.25) is 4.40 Å². The first kappa shape index (κ1) is 9.63. The molecule has 2 aromatic rings. The zero-order chi connectivity index (χ0) is 11.1. The van der Waals surface area contributed by atoms with Crippen LogP contribution in [0.3, 0.4) is 0 Å². The highest BCUT2D eigenvalue weighted by Gasteiger charge is 2.26. The van der Waals surface area contributed by atoms with E-state index in [0.29, 0.717) is 11.8 Å². The number of rotatable bonds is 3. The summed E-state index contributed by atoms with van der Waals surface area (Å²) in [5.74, 6) is 2.08. The van der Waals surface area contributed by atoms with Crippen molar-refractivity contribution in [3.05, 3.63) is 23.7 Å². The number of ether oxygens (including phenoxy) is 1. The Labute approximate surface area is 94.3 Å². The van der Waals surface area contributed by atoms with Crippen LogP contribution < -0.4 is 4.74 Å². The Bertz CT molecular complexity index is 528. The topological polar surface area (TPSA) is 39.4 Å². The highest BCUT2D eigenvalue weighted by Crippen LogP contribution is 2.39. The van der Waals surface area contributed by atoms with Crippen LogP contribution in [0, 0.1) is 0 Å². The van der Waals surface area contributed by atoms with Gasteiger partial charge >= 0.3 is 0 Å². The van der Waals surface area contributed by atoms with E-state index in [-0.39, 0.29) is 0 Å². The summed E-state index contributed by atoms with van der Waals surface area (Å²) in [7, 11) is 1.64. The van der Waals surface area contributed by atoms with Gasteiger partial charge in [0.15, 0.2) is 0 Å². The SMILES string of the molecule is CCc1cc(OC)nc2nc(C3CC3)cn12. The second kappa shape index (κ2) is 3.47. The van der Waals surface area contributed by atoms with Crippen LogP contribution in [-0.4, -0.2) is 21.5 Å². The predicted molar refractivity (Wildman–Crippen MR) is 60.9 cm³/mol. The zero-order valence-corrected chi connectivity index (χ0v) is 9.60. The summed E-state index contributed by atoms with van der Waals surface area (Å²) in [5.41, 5.74) is 2.37. The standard InChI is InChI=1S/C12H15N3O/c1-3-9-6-11(16-2)14-12-13-10(7-15(9)12)8-4-5-8/h6-8H,3-5H2,1-2H3. The molecule has 0 atom stereocenters. The first-order valence-corrected chi connectivity index (χ1v) is 5.74. The molecule has 84 valence electrons. The molecular formula is C12H15N3O. The molecule has 16 heavy (non-hydrogen) atoms. The summed E-state index contributed by atoms with van der Waals surface area (Å²) in [5, 5.41) is 0. The van der Waals surface area contributed by atoms with Crippen molar-refractivity contribution in [2.24, 2.45) is 0 Å². The normalized spacial score (nSPS) is 15.6. The molecule has 0 saturated heterocycles. The number of nitrogens with zero attached hydrogens (tertiary/aromatic N) is 3. The molecule has 4 heteroatoms. The van der Waals surface area contributed by atoms with Crippen LogP contribution in [0.1, 0.15) is 37.1 Å². The van der Waals surface area contributed by atoms with Crippen molar-refractivity contribution in [3.8, 4) is 5.88 Å². The Morgan fingerprint density at radius 2 is 2.25 bits per heavy atom. The third-order valence-corrected chi connectivity index (χ3v) is 3.08. The van der Waals surface area contributed by atoms with E-state index >= 15 is 0 Å². The number of aromatic nitrogens is 3. The molecule has 1 fully saturated rings. The van der Waals surface area contributed by atoms with Gasteiger partial charge < -0.3 is 4.74 Å². The zero-order valence-electron chi connectivity index (χ0n) is 9.60. The first-order valence-electron chi connectivity index (χ1n) is 5.74. The molecule has 0 unspecified atom stereocenters. The van der Waals surface area contributed by atoms with Crippen LogP contribution in [0.2, 0.25) is 0 Å². The van der Waals surface area contributed by atoms with Crippen molar-refractivity contribution in [1.82, 2.24) is 14.4 Å². The second-order valence-electron chi connectivity index (χ2n) is 4.25. The Morgan fingerprint density at radius 3 is 2.88 bits per heavy atom. The molecule has 4 nitrogen and oxygen atoms in total. The molecule has 0 aromatic carbocycles. The molecule has 1 aliphatic carbocycles. The monoisotopic (exact) mass is 217 g/mol. The minimum atomic E-state index is 0.650. The molecule has 0 aliphatic heterocycles. The van der Waals surface area contributed by atoms with E-state index in [1.54, 1.807) is 7.11 Å². The van der Waals surface area contributed by atoms with Gasteiger partial charge in [-0.25, -0.2) is 4.98 Å². The lowest BCUT2D eigenvalue weighted by atomic mass is 10.3. The summed E-state index contributed by atoms with van der Waals surface area (Å²) in [6, 6.07) is 1.98. The number of hydrogen-bond acceptors (Lipinski definition) is 3. The molecule has 0 bridgehead atoms. The maximum absolute atomic E-state index is 5.19. The third-order valence-electron chi connectivity index (χ3n) is 3.08. The van der Waals surface area contributed by atoms with E-state index < -0.39 is 0 Å². The van der Waals surface area contributed by atoms with E-state index in [2.05, 4.69) is 27.5 Å². The van der Waals surface area contributed by atoms with Crippen molar-refractivity contribution >= 4 is 5.78 Å². The molecule has 3 rings (SSSR count). The fourth-order valence-electron chi connectivity index (χ4n) is 1.97. The van der Waals surface area contributed by atoms with E-state index in [0.717, 1.165) is 12.2 Å². The molecule has 0 spiro atoms. The summed E-state index contributed by atoms with van der Waals surface area (Å²) in [6.45, 7) is 2.13. The number of aryl methyl sites for hydroxylation is 1. The Hall–Kier alpha value is -1.58. The van der Waals surface area contributed by atoms with Crippen LogP contribution >= 0.6 is 0 Å². The maximum atomic E-state index is 5.19. The van der Waals surface area contributed by atoms with Crippen LogP contribution in [0.4, 0.5) is 0 Å². The van der Waals surface area contributed by atoms with Gasteiger partial charge in [0.2, 0.25) is 11.7 Å². The third kappa shape index (κ3) is 1.45. The largest absolute Gasteiger partial charge is 0.481 e. The molecule has 1 saturated carbocycles. The Balaban J connectivity index is 2.18. The van der Waals surface area contributed by atoms with Crippen molar-refractivity contribution in [2.45, 2.75) is 32.1 Å². The lowest BCUT2D eigenvalue weighted by Crippen LogP contribution is -1.99. The smallest absolute Gasteiger partial charge is 0.237 e. The van der Waals surface area contributed by atoms with Crippen LogP contribution in [-0.2, 0) is 6.42 Å². The molecular weight excluding hydrogens is 202 g/mol. The average molecular weight is 217 g/mol. The van der Waals surface area contributed by atoms with Gasteiger partial charge in [0.1, 0.15) is 0 Å². The lowest BCUT2D eigenvalue weighted by Gasteiger charge is -2.04. The predicted octanol–water partition coefficient (Wildman–Crippen LogP) is 2.18. The number of hydrogen-bond donors (Lipinski definition) is 0. The first-order chi connectivity index (χ1) is 7.81. The van der Waals surface area contributed by atoms with Crippen molar-refractivity contribution < 1.29 is 4.74 Å². The second-order valence-corrected chi connectivity index (χ2v) is 4.25. The van der Waals surface area contributed by atoms with Gasteiger partial charge in [-0.15, -0.1) is 0 Å². The maximum Gasteiger partial charge on any atom is 0.237 e. The molecule has 2 heterocycles. The minimum absolute atomic E-state index is 0.650. The van der Waals surface area contributed by atoms with E-state index in [9.17, 15) is 0 Å². The van der Waals surface area contributed by atoms with Crippen LogP contribution in [0.15, 0.2) is 12.3 Å². The van der Waals surface area contributed by atoms with Gasteiger partial charge in [-0.05, 0) is 19.3 Å². The van der Waals surface area contributed by atoms with Crippen LogP contribution in [0.25, 0.3) is 5.78 Å². The average Bonchev–Trinajstić information content (AvgIpc) is 3.07. The lowest BCUT2D eigenvalue weighted by molar-refractivity contribution is 0.397. The summed E-state index contributed by atoms with van der Waals surface area (Å²) < 4.78 is 7.27. The summed E-state index contributed by atoms with van der Waals surface area (Å²) >= 11 is 0. The van der Waals surface area contributed by atoms with Gasteiger partial charge in [0.25, 0.3) is 0 Å². The van der Waals surface area contributed by atoms with Gasteiger partial charge in [-0.1, -0.05) is 6.92 Å². The molecule has 0 N–H and O–H groups in total. The highest BCUT2D eigenvalue weighted by molar-refractivity contribution is 5.38. The van der Waals surface area contributed by atoms with E-state index in [1.165, 1.54) is 24.2 Å². The van der Waals surface area contributed by atoms with E-state index in [4.69, 9.17) is 4.74 Å². The van der Waals surface area contributed by atoms with Gasteiger partial charge in [-0.2, -0.15) is 4.98 Å². The van der Waals surface area contributed by atoms with Gasteiger partial charge in [0.05, 0.1) is 12.8 Å². The van der Waals surface area contributed by atoms with Crippen LogP contribution in [0.5, 0.6) is 5.88 Å². The number of imidazole rings is 1. The van der Waals surface area contributed by atoms with Crippen molar-refractivity contribution in [3.63, 3.8) is 0 Å². The Morgan fingerprint density at radius 1 is 1.44 bits per heavy atom. The van der Waals surface area contributed by atoms with Crippen molar-refractivity contribution in [2.75, 3.05) is 7.11 Å². The fourth-order valence-corrected chi connectivity index (χ4v) is 1.97. The highest BCUT2D eigenvalue weighted by atomic mass is 16.5. The minimum Gasteiger partial charge on any atom is -0.481 e. The van der Waals surface area contributed by atoms with Gasteiger partial charge in [0, 0.05) is 23.9 Å². The fraction of sp³-hybridized carbons (Fsp3) is 0.500. The quantitative estimate of drug-likeness (QED) is 0.791. The van der Waals surface area contributed by atoms with E-state index in [1.807, 2.05) is 6.07 Å². The molecule has 1 aliphatic rings. The number of methoxy groups -OCH3 is 1. The van der Waals surface area contributed by atoms with Crippen molar-refractivity contribution in [1.29, 1.82) is 0 Å². The summed E-state index contributed by atoms with van der Waals surface area (Å²) in [6.07, 6.45) is 5.61. The molecule has 0 radical (unpaired) electrons. The Kier molecular flexibility index (Phi) is 2.09. The molecule has 2 aromatic heterocycles. The number of fused-ring (bicyclic) bond motifs is 1. The summed E-state index contributed by atoms with van der Waals surface area (Å²) in [4.78, 5) is 8.93.